The van der Waals surface area contributed by atoms with Gasteiger partial charge in [-0.25, -0.2) is 4.57 Å². The lowest BCUT2D eigenvalue weighted by Gasteiger charge is -2.19. The molecule has 0 amide bonds. The van der Waals surface area contributed by atoms with Crippen LogP contribution in [0.15, 0.2) is 18.2 Å². The minimum absolute atomic E-state index is 0.0863. The third-order valence-corrected chi connectivity index (χ3v) is 5.02. The predicted molar refractivity (Wildman–Crippen MR) is 79.7 cm³/mol. The van der Waals surface area contributed by atoms with Crippen LogP contribution < -0.4 is 4.52 Å². The molecule has 0 aliphatic heterocycles. The minimum Gasteiger partial charge on any atom is -0.404 e. The Kier molecular flexibility index (Phi) is 5.20. The van der Waals surface area contributed by atoms with Crippen LogP contribution in [0.25, 0.3) is 0 Å². The smallest absolute Gasteiger partial charge is 0.404 e. The molecule has 0 heterocycles. The molecule has 2 rings (SSSR count). The molecule has 0 N–H and O–H groups in total. The Morgan fingerprint density at radius 1 is 1.33 bits per heavy atom. The maximum absolute atomic E-state index is 12.5. The van der Waals surface area contributed by atoms with E-state index in [9.17, 15) is 9.36 Å². The van der Waals surface area contributed by atoms with Crippen molar-refractivity contribution in [2.24, 2.45) is 5.92 Å². The molecule has 0 saturated heterocycles. The van der Waals surface area contributed by atoms with Crippen molar-refractivity contribution in [1.29, 1.82) is 0 Å². The maximum Gasteiger partial charge on any atom is 0.529 e. The van der Waals surface area contributed by atoms with Gasteiger partial charge in [0.05, 0.1) is 6.61 Å². The molecule has 0 bridgehead atoms. The van der Waals surface area contributed by atoms with E-state index in [4.69, 9.17) is 13.6 Å². The van der Waals surface area contributed by atoms with Gasteiger partial charge in [-0.1, -0.05) is 32.4 Å². The number of ketones is 1. The van der Waals surface area contributed by atoms with Gasteiger partial charge in [0.15, 0.2) is 5.78 Å². The summed E-state index contributed by atoms with van der Waals surface area (Å²) < 4.78 is 28.3. The first-order valence-corrected chi connectivity index (χ1v) is 8.60. The van der Waals surface area contributed by atoms with Gasteiger partial charge >= 0.3 is 7.82 Å². The molecule has 6 heteroatoms. The first-order chi connectivity index (χ1) is 9.99. The molecular formula is C15H21O5P. The van der Waals surface area contributed by atoms with Crippen LogP contribution in [0.2, 0.25) is 0 Å². The van der Waals surface area contributed by atoms with Crippen molar-refractivity contribution < 1.29 is 22.9 Å². The quantitative estimate of drug-likeness (QED) is 0.712. The molecule has 0 saturated carbocycles. The van der Waals surface area contributed by atoms with E-state index in [0.29, 0.717) is 30.8 Å². The Morgan fingerprint density at radius 3 is 2.76 bits per heavy atom. The van der Waals surface area contributed by atoms with Gasteiger partial charge in [-0.05, 0) is 18.4 Å². The molecule has 1 aromatic rings. The highest BCUT2D eigenvalue weighted by atomic mass is 31.2. The number of Topliss-reactive ketones (excluding diaryl/α,β-unsaturated/α-hetero) is 1. The number of phosphoric ester groups is 1. The number of phosphoric acid groups is 1. The van der Waals surface area contributed by atoms with Crippen molar-refractivity contribution in [3.63, 3.8) is 0 Å². The number of fused-ring (bicyclic) bond motifs is 1. The zero-order chi connectivity index (χ0) is 15.5. The van der Waals surface area contributed by atoms with Crippen LogP contribution in [0, 0.1) is 5.92 Å². The van der Waals surface area contributed by atoms with Crippen molar-refractivity contribution in [2.75, 3.05) is 13.7 Å². The Hall–Kier alpha value is -1.16. The molecule has 1 aliphatic rings. The van der Waals surface area contributed by atoms with Crippen LogP contribution >= 0.6 is 7.82 Å². The van der Waals surface area contributed by atoms with E-state index in [1.807, 2.05) is 13.8 Å². The average molecular weight is 312 g/mol. The standard InChI is InChI=1S/C15H21O5P/c1-4-11(2)10-19-21(17,18-3)20-15-7-5-6-12-13(15)8-9-14(12)16/h5-7,11H,4,8-10H2,1-3H3. The van der Waals surface area contributed by atoms with Crippen LogP contribution in [-0.4, -0.2) is 19.5 Å². The van der Waals surface area contributed by atoms with Crippen LogP contribution in [0.3, 0.4) is 0 Å². The van der Waals surface area contributed by atoms with Gasteiger partial charge in [-0.2, -0.15) is 0 Å². The molecular weight excluding hydrogens is 291 g/mol. The van der Waals surface area contributed by atoms with Gasteiger partial charge in [-0.15, -0.1) is 0 Å². The first-order valence-electron chi connectivity index (χ1n) is 7.14. The van der Waals surface area contributed by atoms with Gasteiger partial charge in [0.1, 0.15) is 5.75 Å². The van der Waals surface area contributed by atoms with Gasteiger partial charge in [0.25, 0.3) is 0 Å². The number of carbonyl (C=O) groups is 1. The summed E-state index contributed by atoms with van der Waals surface area (Å²) in [6, 6.07) is 5.16. The molecule has 0 fully saturated rings. The molecule has 0 aromatic heterocycles. The third-order valence-electron chi connectivity index (χ3n) is 3.68. The molecule has 116 valence electrons. The van der Waals surface area contributed by atoms with Crippen molar-refractivity contribution in [3.8, 4) is 5.75 Å². The predicted octanol–water partition coefficient (Wildman–Crippen LogP) is 4.01. The van der Waals surface area contributed by atoms with Crippen molar-refractivity contribution in [3.05, 3.63) is 29.3 Å². The number of hydrogen-bond acceptors (Lipinski definition) is 5. The van der Waals surface area contributed by atoms with E-state index < -0.39 is 7.82 Å². The highest BCUT2D eigenvalue weighted by molar-refractivity contribution is 7.48. The largest absolute Gasteiger partial charge is 0.529 e. The van der Waals surface area contributed by atoms with Crippen LogP contribution in [0.5, 0.6) is 5.75 Å². The maximum atomic E-state index is 12.5. The monoisotopic (exact) mass is 312 g/mol. The molecule has 1 aliphatic carbocycles. The van der Waals surface area contributed by atoms with Gasteiger partial charge in [-0.3, -0.25) is 13.8 Å². The first kappa shape index (κ1) is 16.2. The highest BCUT2D eigenvalue weighted by Gasteiger charge is 2.31. The highest BCUT2D eigenvalue weighted by Crippen LogP contribution is 2.50. The summed E-state index contributed by atoms with van der Waals surface area (Å²) in [4.78, 5) is 11.7. The number of benzene rings is 1. The lowest BCUT2D eigenvalue weighted by molar-refractivity contribution is 0.0994. The van der Waals surface area contributed by atoms with E-state index in [1.165, 1.54) is 7.11 Å². The summed E-state index contributed by atoms with van der Waals surface area (Å²) >= 11 is 0. The second-order valence-electron chi connectivity index (χ2n) is 5.24. The second kappa shape index (κ2) is 6.73. The lowest BCUT2D eigenvalue weighted by atomic mass is 10.1. The Bertz CT molecular complexity index is 569. The van der Waals surface area contributed by atoms with E-state index in [1.54, 1.807) is 18.2 Å². The molecule has 1 aromatic carbocycles. The normalized spacial score (nSPS) is 18.1. The Morgan fingerprint density at radius 2 is 2.10 bits per heavy atom. The Balaban J connectivity index is 2.16. The van der Waals surface area contributed by atoms with E-state index >= 15 is 0 Å². The zero-order valence-electron chi connectivity index (χ0n) is 12.6. The summed E-state index contributed by atoms with van der Waals surface area (Å²) in [6.45, 7) is 4.33. The van der Waals surface area contributed by atoms with Crippen LogP contribution in [0.1, 0.15) is 42.6 Å². The fourth-order valence-electron chi connectivity index (χ4n) is 2.12. The Labute approximate surface area is 125 Å². The molecule has 0 radical (unpaired) electrons. The van der Waals surface area contributed by atoms with Gasteiger partial charge in [0, 0.05) is 24.7 Å². The second-order valence-corrected chi connectivity index (χ2v) is 6.94. The zero-order valence-corrected chi connectivity index (χ0v) is 13.5. The summed E-state index contributed by atoms with van der Waals surface area (Å²) in [7, 11) is -2.36. The summed E-state index contributed by atoms with van der Waals surface area (Å²) in [5.74, 6) is 0.760. The summed E-state index contributed by atoms with van der Waals surface area (Å²) in [5.41, 5.74) is 1.42. The number of carbonyl (C=O) groups excluding carboxylic acids is 1. The molecule has 21 heavy (non-hydrogen) atoms. The van der Waals surface area contributed by atoms with Gasteiger partial charge < -0.3 is 4.52 Å². The topological polar surface area (TPSA) is 61.8 Å². The molecule has 5 nitrogen and oxygen atoms in total. The van der Waals surface area contributed by atoms with Crippen LogP contribution in [0.4, 0.5) is 0 Å². The average Bonchev–Trinajstić information content (AvgIpc) is 2.87. The van der Waals surface area contributed by atoms with E-state index in [0.717, 1.165) is 12.0 Å². The SMILES string of the molecule is CCC(C)COP(=O)(OC)Oc1cccc2c1CCC2=O. The van der Waals surface area contributed by atoms with Gasteiger partial charge in [0.2, 0.25) is 0 Å². The van der Waals surface area contributed by atoms with Crippen LogP contribution in [-0.2, 0) is 20.0 Å². The lowest BCUT2D eigenvalue weighted by Crippen LogP contribution is -2.08. The minimum atomic E-state index is -3.65. The summed E-state index contributed by atoms with van der Waals surface area (Å²) in [6.07, 6.45) is 1.97. The fourth-order valence-corrected chi connectivity index (χ4v) is 3.20. The van der Waals surface area contributed by atoms with Crippen molar-refractivity contribution >= 4 is 13.6 Å². The molecule has 2 atom stereocenters. The van der Waals surface area contributed by atoms with Crippen molar-refractivity contribution in [1.82, 2.24) is 0 Å². The number of rotatable bonds is 7. The third kappa shape index (κ3) is 3.73. The van der Waals surface area contributed by atoms with E-state index in [-0.39, 0.29) is 11.7 Å². The molecule has 0 spiro atoms. The van der Waals surface area contributed by atoms with E-state index in [2.05, 4.69) is 0 Å². The molecule has 2 unspecified atom stereocenters. The summed E-state index contributed by atoms with van der Waals surface area (Å²) in [5, 5.41) is 0. The number of hydrogen-bond donors (Lipinski definition) is 0. The fraction of sp³-hybridized carbons (Fsp3) is 0.533. The van der Waals surface area contributed by atoms with Crippen molar-refractivity contribution in [2.45, 2.75) is 33.1 Å².